The van der Waals surface area contributed by atoms with Crippen LogP contribution in [0.4, 0.5) is 8.78 Å². The molecule has 0 N–H and O–H groups in total. The number of para-hydroxylation sites is 3. The quantitative estimate of drug-likeness (QED) is 0.186. The molecule has 0 aliphatic heterocycles. The van der Waals surface area contributed by atoms with Crippen LogP contribution in [0.2, 0.25) is 0 Å². The summed E-state index contributed by atoms with van der Waals surface area (Å²) in [4.78, 5) is 0. The van der Waals surface area contributed by atoms with Gasteiger partial charge in [0, 0.05) is 61.2 Å². The van der Waals surface area contributed by atoms with Gasteiger partial charge in [0.15, 0.2) is 0 Å². The van der Waals surface area contributed by atoms with E-state index in [4.69, 9.17) is 0 Å². The number of halogens is 2. The first-order valence-corrected chi connectivity index (χ1v) is 16.4. The van der Waals surface area contributed by atoms with Crippen LogP contribution < -0.4 is 0 Å². The summed E-state index contributed by atoms with van der Waals surface area (Å²) >= 11 is 0. The number of nitrogens with zero attached hydrogens (tertiary/aromatic N) is 3. The van der Waals surface area contributed by atoms with Crippen molar-refractivity contribution in [2.45, 2.75) is 13.3 Å². The summed E-state index contributed by atoms with van der Waals surface area (Å²) in [6.07, 6.45) is 2.36. The SMILES string of the molecule is CC1Cc2c(c3ccccc3n2-c2ccc3c(c2)c2cc(-n4c5ccccc5c5cc(F)ccc54)ccc2n3-c2ccccc2)C=C1F. The Morgan fingerprint density at radius 2 is 1.00 bits per heavy atom. The minimum Gasteiger partial charge on any atom is -0.313 e. The van der Waals surface area contributed by atoms with E-state index in [1.165, 1.54) is 6.07 Å². The van der Waals surface area contributed by atoms with Gasteiger partial charge in [-0.15, -0.1) is 0 Å². The number of benzene rings is 6. The van der Waals surface area contributed by atoms with Gasteiger partial charge in [-0.05, 0) is 91.4 Å². The molecule has 0 amide bonds. The van der Waals surface area contributed by atoms with Crippen molar-refractivity contribution in [3.05, 3.63) is 156 Å². The van der Waals surface area contributed by atoms with E-state index in [0.29, 0.717) is 6.42 Å². The zero-order valence-electron chi connectivity index (χ0n) is 26.2. The van der Waals surface area contributed by atoms with Gasteiger partial charge in [-0.1, -0.05) is 61.5 Å². The van der Waals surface area contributed by atoms with Gasteiger partial charge in [0.05, 0.1) is 27.6 Å². The molecule has 0 bridgehead atoms. The standard InChI is InChI=1S/C43H29F2N3/c1-26-21-43-36(25-37(26)45)32-12-6-8-14-39(32)48(43)30-17-20-42-35(24-30)34-23-29(16-19-41(34)46(42)28-9-3-2-4-10-28)47-38-13-7-5-11-31(38)33-22-27(44)15-18-40(33)47/h2-20,22-26H,21H2,1H3. The largest absolute Gasteiger partial charge is 0.313 e. The highest BCUT2D eigenvalue weighted by Gasteiger charge is 2.26. The van der Waals surface area contributed by atoms with Crippen LogP contribution in [0.25, 0.3) is 77.7 Å². The fourth-order valence-corrected chi connectivity index (χ4v) is 8.00. The number of rotatable bonds is 3. The third kappa shape index (κ3) is 3.79. The molecule has 5 heteroatoms. The first-order valence-electron chi connectivity index (χ1n) is 16.4. The van der Waals surface area contributed by atoms with Gasteiger partial charge in [0.1, 0.15) is 11.6 Å². The average molecular weight is 626 g/mol. The van der Waals surface area contributed by atoms with Crippen LogP contribution in [0, 0.1) is 11.7 Å². The van der Waals surface area contributed by atoms with Crippen molar-refractivity contribution in [1.82, 2.24) is 13.7 Å². The zero-order valence-corrected chi connectivity index (χ0v) is 26.2. The molecule has 1 atom stereocenters. The van der Waals surface area contributed by atoms with Gasteiger partial charge >= 0.3 is 0 Å². The number of hydrogen-bond donors (Lipinski definition) is 0. The van der Waals surface area contributed by atoms with Crippen LogP contribution in [0.5, 0.6) is 0 Å². The van der Waals surface area contributed by atoms with Crippen LogP contribution in [-0.4, -0.2) is 13.7 Å². The summed E-state index contributed by atoms with van der Waals surface area (Å²) in [7, 11) is 0. The van der Waals surface area contributed by atoms with Crippen molar-refractivity contribution in [3.8, 4) is 17.1 Å². The lowest BCUT2D eigenvalue weighted by Crippen LogP contribution is -2.11. The lowest BCUT2D eigenvalue weighted by Gasteiger charge is -2.19. The van der Waals surface area contributed by atoms with Crippen molar-refractivity contribution < 1.29 is 8.78 Å². The smallest absolute Gasteiger partial charge is 0.123 e. The Morgan fingerprint density at radius 1 is 0.479 bits per heavy atom. The molecule has 0 radical (unpaired) electrons. The second kappa shape index (κ2) is 10.0. The van der Waals surface area contributed by atoms with Gasteiger partial charge < -0.3 is 13.7 Å². The molecule has 48 heavy (non-hydrogen) atoms. The maximum atomic E-state index is 14.9. The van der Waals surface area contributed by atoms with Crippen LogP contribution in [-0.2, 0) is 6.42 Å². The molecule has 3 aromatic heterocycles. The minimum absolute atomic E-state index is 0.0629. The van der Waals surface area contributed by atoms with E-state index in [2.05, 4.69) is 105 Å². The molecule has 1 aliphatic rings. The molecular weight excluding hydrogens is 596 g/mol. The van der Waals surface area contributed by atoms with Gasteiger partial charge in [-0.2, -0.15) is 0 Å². The number of hydrogen-bond acceptors (Lipinski definition) is 0. The fourth-order valence-electron chi connectivity index (χ4n) is 8.00. The van der Waals surface area contributed by atoms with Gasteiger partial charge in [-0.25, -0.2) is 8.78 Å². The van der Waals surface area contributed by atoms with E-state index in [1.54, 1.807) is 12.1 Å². The lowest BCUT2D eigenvalue weighted by molar-refractivity contribution is 0.485. The third-order valence-electron chi connectivity index (χ3n) is 10.2. The Morgan fingerprint density at radius 3 is 1.71 bits per heavy atom. The van der Waals surface area contributed by atoms with E-state index in [0.717, 1.165) is 82.8 Å². The average Bonchev–Trinajstić information content (AvgIpc) is 3.73. The Labute approximate surface area is 275 Å². The molecule has 0 saturated heterocycles. The first kappa shape index (κ1) is 27.2. The summed E-state index contributed by atoms with van der Waals surface area (Å²) < 4.78 is 36.3. The molecule has 0 saturated carbocycles. The summed E-state index contributed by atoms with van der Waals surface area (Å²) in [5.74, 6) is -0.481. The highest BCUT2D eigenvalue weighted by Crippen LogP contribution is 2.41. The van der Waals surface area contributed by atoms with Gasteiger partial charge in [0.2, 0.25) is 0 Å². The topological polar surface area (TPSA) is 14.8 Å². The number of aromatic nitrogens is 3. The Kier molecular flexibility index (Phi) is 5.68. The number of fused-ring (bicyclic) bond motifs is 9. The molecule has 0 spiro atoms. The fraction of sp³-hybridized carbons (Fsp3) is 0.0698. The molecule has 10 rings (SSSR count). The second-order valence-electron chi connectivity index (χ2n) is 12.9. The summed E-state index contributed by atoms with van der Waals surface area (Å²) in [6, 6.07) is 45.3. The van der Waals surface area contributed by atoms with Gasteiger partial charge in [0.25, 0.3) is 0 Å². The second-order valence-corrected chi connectivity index (χ2v) is 12.9. The molecule has 3 nitrogen and oxygen atoms in total. The molecule has 3 heterocycles. The minimum atomic E-state index is -0.244. The maximum Gasteiger partial charge on any atom is 0.123 e. The lowest BCUT2D eigenvalue weighted by atomic mass is 9.93. The summed E-state index contributed by atoms with van der Waals surface area (Å²) in [5.41, 5.74) is 10.5. The summed E-state index contributed by atoms with van der Waals surface area (Å²) in [6.45, 7) is 1.96. The Bertz CT molecular complexity index is 2800. The molecule has 230 valence electrons. The monoisotopic (exact) mass is 625 g/mol. The molecule has 0 fully saturated rings. The van der Waals surface area contributed by atoms with Gasteiger partial charge in [-0.3, -0.25) is 0 Å². The van der Waals surface area contributed by atoms with E-state index in [-0.39, 0.29) is 17.6 Å². The van der Waals surface area contributed by atoms with Crippen LogP contribution in [0.1, 0.15) is 18.2 Å². The Balaban J connectivity index is 1.28. The molecule has 6 aromatic carbocycles. The summed E-state index contributed by atoms with van der Waals surface area (Å²) in [5, 5.41) is 5.21. The third-order valence-corrected chi connectivity index (χ3v) is 10.2. The molecule has 9 aromatic rings. The maximum absolute atomic E-state index is 14.9. The Hall–Kier alpha value is -5.94. The van der Waals surface area contributed by atoms with E-state index in [9.17, 15) is 8.78 Å². The van der Waals surface area contributed by atoms with Crippen molar-refractivity contribution in [3.63, 3.8) is 0 Å². The van der Waals surface area contributed by atoms with Crippen LogP contribution in [0.15, 0.2) is 139 Å². The predicted octanol–water partition coefficient (Wildman–Crippen LogP) is 11.5. The molecule has 1 unspecified atom stereocenters. The first-order chi connectivity index (χ1) is 23.5. The van der Waals surface area contributed by atoms with Crippen molar-refractivity contribution in [2.24, 2.45) is 5.92 Å². The molecular formula is C43H29F2N3. The van der Waals surface area contributed by atoms with E-state index >= 15 is 0 Å². The highest BCUT2D eigenvalue weighted by atomic mass is 19.1. The van der Waals surface area contributed by atoms with Crippen LogP contribution >= 0.6 is 0 Å². The van der Waals surface area contributed by atoms with Crippen molar-refractivity contribution in [1.29, 1.82) is 0 Å². The van der Waals surface area contributed by atoms with Crippen LogP contribution in [0.3, 0.4) is 0 Å². The van der Waals surface area contributed by atoms with E-state index < -0.39 is 0 Å². The van der Waals surface area contributed by atoms with Crippen molar-refractivity contribution in [2.75, 3.05) is 0 Å². The normalized spacial score (nSPS) is 14.8. The van der Waals surface area contributed by atoms with E-state index in [1.807, 2.05) is 37.3 Å². The number of allylic oxidation sites excluding steroid dienone is 1. The highest BCUT2D eigenvalue weighted by molar-refractivity contribution is 6.12. The zero-order chi connectivity index (χ0) is 32.1. The predicted molar refractivity (Wildman–Crippen MR) is 194 cm³/mol. The molecule has 1 aliphatic carbocycles. The van der Waals surface area contributed by atoms with Crippen molar-refractivity contribution >= 4 is 60.6 Å².